The molecule has 6 heteroatoms. The van der Waals surface area contributed by atoms with Gasteiger partial charge in [0.05, 0.1) is 13.5 Å². The van der Waals surface area contributed by atoms with Gasteiger partial charge in [0.25, 0.3) is 0 Å². The van der Waals surface area contributed by atoms with Crippen LogP contribution in [0.4, 0.5) is 4.79 Å². The van der Waals surface area contributed by atoms with Crippen molar-refractivity contribution in [3.05, 3.63) is 34.3 Å². The van der Waals surface area contributed by atoms with Crippen LogP contribution in [-0.2, 0) is 16.1 Å². The minimum absolute atomic E-state index is 0.166. The Kier molecular flexibility index (Phi) is 6.21. The molecule has 0 radical (unpaired) electrons. The van der Waals surface area contributed by atoms with Crippen LogP contribution in [0.3, 0.4) is 0 Å². The van der Waals surface area contributed by atoms with Crippen LogP contribution in [-0.4, -0.2) is 25.7 Å². The Morgan fingerprint density at radius 3 is 2.67 bits per heavy atom. The molecule has 1 aromatic rings. The smallest absolute Gasteiger partial charge is 0.315 e. The molecule has 18 heavy (non-hydrogen) atoms. The van der Waals surface area contributed by atoms with Crippen LogP contribution in [0.15, 0.2) is 28.7 Å². The number of ether oxygens (including phenoxy) is 1. The predicted octanol–water partition coefficient (Wildman–Crippen LogP) is 1.81. The van der Waals surface area contributed by atoms with Crippen molar-refractivity contribution in [3.8, 4) is 0 Å². The zero-order valence-electron chi connectivity index (χ0n) is 10.0. The maximum atomic E-state index is 11.4. The van der Waals surface area contributed by atoms with Gasteiger partial charge in [-0.3, -0.25) is 4.79 Å². The number of amides is 2. The quantitative estimate of drug-likeness (QED) is 0.815. The van der Waals surface area contributed by atoms with E-state index in [2.05, 4.69) is 31.3 Å². The molecule has 1 aromatic carbocycles. The van der Waals surface area contributed by atoms with E-state index in [1.165, 1.54) is 7.11 Å². The van der Waals surface area contributed by atoms with Gasteiger partial charge >= 0.3 is 12.0 Å². The molecule has 0 saturated carbocycles. The Labute approximate surface area is 114 Å². The topological polar surface area (TPSA) is 67.4 Å². The second kappa shape index (κ2) is 7.71. The highest BCUT2D eigenvalue weighted by molar-refractivity contribution is 9.10. The lowest BCUT2D eigenvalue weighted by atomic mass is 10.2. The summed E-state index contributed by atoms with van der Waals surface area (Å²) < 4.78 is 5.40. The third kappa shape index (κ3) is 5.18. The van der Waals surface area contributed by atoms with Gasteiger partial charge in [0.15, 0.2) is 0 Å². The first-order valence-corrected chi connectivity index (χ1v) is 6.24. The lowest BCUT2D eigenvalue weighted by molar-refractivity contribution is -0.140. The zero-order valence-corrected chi connectivity index (χ0v) is 11.6. The fourth-order valence-corrected chi connectivity index (χ4v) is 1.68. The van der Waals surface area contributed by atoms with Gasteiger partial charge in [0.1, 0.15) is 0 Å². The van der Waals surface area contributed by atoms with Crippen molar-refractivity contribution in [2.75, 3.05) is 13.7 Å². The molecular weight excluding hydrogens is 300 g/mol. The normalized spacial score (nSPS) is 9.67. The number of carbonyl (C=O) groups excluding carboxylic acids is 2. The number of halogens is 1. The molecule has 0 aliphatic rings. The van der Waals surface area contributed by atoms with E-state index < -0.39 is 0 Å². The zero-order chi connectivity index (χ0) is 13.4. The molecule has 0 spiro atoms. The van der Waals surface area contributed by atoms with Crippen LogP contribution in [0, 0.1) is 0 Å². The highest BCUT2D eigenvalue weighted by Gasteiger charge is 2.04. The van der Waals surface area contributed by atoms with E-state index in [1.807, 2.05) is 24.3 Å². The average molecular weight is 315 g/mol. The Bertz CT molecular complexity index is 424. The van der Waals surface area contributed by atoms with Gasteiger partial charge in [-0.15, -0.1) is 0 Å². The molecule has 98 valence electrons. The van der Waals surface area contributed by atoms with Crippen molar-refractivity contribution in [1.82, 2.24) is 10.6 Å². The lowest BCUT2D eigenvalue weighted by Gasteiger charge is -2.08. The SMILES string of the molecule is COC(=O)CCNC(=O)NCc1ccccc1Br. The second-order valence-electron chi connectivity index (χ2n) is 3.53. The number of rotatable bonds is 5. The fraction of sp³-hybridized carbons (Fsp3) is 0.333. The third-order valence-electron chi connectivity index (χ3n) is 2.24. The second-order valence-corrected chi connectivity index (χ2v) is 4.38. The van der Waals surface area contributed by atoms with Gasteiger partial charge in [-0.25, -0.2) is 4.79 Å². The summed E-state index contributed by atoms with van der Waals surface area (Å²) in [6.45, 7) is 0.681. The number of esters is 1. The standard InChI is InChI=1S/C12H15BrN2O3/c1-18-11(16)6-7-14-12(17)15-8-9-4-2-3-5-10(9)13/h2-5H,6-8H2,1H3,(H2,14,15,17). The molecule has 1 rings (SSSR count). The number of hydrogen-bond donors (Lipinski definition) is 2. The van der Waals surface area contributed by atoms with Crippen molar-refractivity contribution in [3.63, 3.8) is 0 Å². The summed E-state index contributed by atoms with van der Waals surface area (Å²) in [6.07, 6.45) is 0.166. The third-order valence-corrected chi connectivity index (χ3v) is 3.01. The molecule has 0 saturated heterocycles. The molecule has 0 heterocycles. The van der Waals surface area contributed by atoms with E-state index in [0.717, 1.165) is 10.0 Å². The minimum atomic E-state index is -0.346. The molecular formula is C12H15BrN2O3. The molecule has 0 aliphatic heterocycles. The van der Waals surface area contributed by atoms with E-state index in [4.69, 9.17) is 0 Å². The first kappa shape index (κ1) is 14.5. The van der Waals surface area contributed by atoms with Gasteiger partial charge in [-0.2, -0.15) is 0 Å². The monoisotopic (exact) mass is 314 g/mol. The molecule has 0 aromatic heterocycles. The van der Waals surface area contributed by atoms with Crippen LogP contribution in [0.2, 0.25) is 0 Å². The predicted molar refractivity (Wildman–Crippen MR) is 71.0 cm³/mol. The van der Waals surface area contributed by atoms with Gasteiger partial charge in [0.2, 0.25) is 0 Å². The summed E-state index contributed by atoms with van der Waals surface area (Å²) >= 11 is 3.39. The maximum absolute atomic E-state index is 11.4. The summed E-state index contributed by atoms with van der Waals surface area (Å²) in [6, 6.07) is 7.32. The lowest BCUT2D eigenvalue weighted by Crippen LogP contribution is -2.36. The van der Waals surface area contributed by atoms with Gasteiger partial charge in [0, 0.05) is 17.6 Å². The van der Waals surface area contributed by atoms with Crippen LogP contribution in [0.5, 0.6) is 0 Å². The maximum Gasteiger partial charge on any atom is 0.315 e. The minimum Gasteiger partial charge on any atom is -0.469 e. The number of hydrogen-bond acceptors (Lipinski definition) is 3. The van der Waals surface area contributed by atoms with Crippen molar-refractivity contribution in [2.45, 2.75) is 13.0 Å². The van der Waals surface area contributed by atoms with Crippen molar-refractivity contribution in [1.29, 1.82) is 0 Å². The Balaban J connectivity index is 2.25. The van der Waals surface area contributed by atoms with Crippen LogP contribution in [0.1, 0.15) is 12.0 Å². The number of benzene rings is 1. The highest BCUT2D eigenvalue weighted by Crippen LogP contribution is 2.15. The number of methoxy groups -OCH3 is 1. The summed E-state index contributed by atoms with van der Waals surface area (Å²) in [5.41, 5.74) is 0.987. The van der Waals surface area contributed by atoms with Crippen LogP contribution >= 0.6 is 15.9 Å². The molecule has 0 aliphatic carbocycles. The Hall–Kier alpha value is -1.56. The fourth-order valence-electron chi connectivity index (χ4n) is 1.26. The summed E-state index contributed by atoms with van der Waals surface area (Å²) in [4.78, 5) is 22.2. The van der Waals surface area contributed by atoms with Crippen LogP contribution in [0.25, 0.3) is 0 Å². The Morgan fingerprint density at radius 1 is 1.28 bits per heavy atom. The van der Waals surface area contributed by atoms with Crippen molar-refractivity contribution >= 4 is 27.9 Å². The van der Waals surface area contributed by atoms with Gasteiger partial charge in [-0.05, 0) is 11.6 Å². The molecule has 0 bridgehead atoms. The molecule has 0 fully saturated rings. The summed E-state index contributed by atoms with van der Waals surface area (Å²) in [7, 11) is 1.31. The molecule has 0 atom stereocenters. The average Bonchev–Trinajstić information content (AvgIpc) is 2.37. The molecule has 0 unspecified atom stereocenters. The van der Waals surface area contributed by atoms with Crippen molar-refractivity contribution in [2.24, 2.45) is 0 Å². The van der Waals surface area contributed by atoms with Gasteiger partial charge < -0.3 is 15.4 Å². The molecule has 2 amide bonds. The first-order chi connectivity index (χ1) is 8.63. The number of nitrogens with one attached hydrogen (secondary N) is 2. The summed E-state index contributed by atoms with van der Waals surface area (Å²) in [5.74, 6) is -0.346. The first-order valence-electron chi connectivity index (χ1n) is 5.45. The van der Waals surface area contributed by atoms with E-state index >= 15 is 0 Å². The molecule has 2 N–H and O–H groups in total. The van der Waals surface area contributed by atoms with E-state index in [1.54, 1.807) is 0 Å². The number of urea groups is 1. The summed E-state index contributed by atoms with van der Waals surface area (Å²) in [5, 5.41) is 5.27. The highest BCUT2D eigenvalue weighted by atomic mass is 79.9. The van der Waals surface area contributed by atoms with E-state index in [-0.39, 0.29) is 25.0 Å². The van der Waals surface area contributed by atoms with Gasteiger partial charge in [-0.1, -0.05) is 34.1 Å². The molecule has 5 nitrogen and oxygen atoms in total. The van der Waals surface area contributed by atoms with E-state index in [0.29, 0.717) is 6.54 Å². The van der Waals surface area contributed by atoms with E-state index in [9.17, 15) is 9.59 Å². The van der Waals surface area contributed by atoms with Crippen LogP contribution < -0.4 is 10.6 Å². The number of carbonyl (C=O) groups is 2. The van der Waals surface area contributed by atoms with Crippen molar-refractivity contribution < 1.29 is 14.3 Å². The Morgan fingerprint density at radius 2 is 2.00 bits per heavy atom. The largest absolute Gasteiger partial charge is 0.469 e.